The van der Waals surface area contributed by atoms with E-state index in [4.69, 9.17) is 0 Å². The van der Waals surface area contributed by atoms with Gasteiger partial charge in [-0.05, 0) is 37.1 Å². The summed E-state index contributed by atoms with van der Waals surface area (Å²) in [4.78, 5) is 0. The number of unbranched alkanes of at least 4 members (excludes halogenated alkanes) is 1. The molecular weight excluding hydrogens is 291 g/mol. The predicted molar refractivity (Wildman–Crippen MR) is 84.0 cm³/mol. The molecule has 0 spiro atoms. The molecule has 0 aromatic heterocycles. The minimum Gasteiger partial charge on any atom is -0.315 e. The fourth-order valence-corrected chi connectivity index (χ4v) is 3.17. The third-order valence-corrected chi connectivity index (χ3v) is 5.03. The van der Waals surface area contributed by atoms with E-state index in [-0.39, 0.29) is 18.1 Å². The van der Waals surface area contributed by atoms with Crippen LogP contribution >= 0.6 is 0 Å². The Morgan fingerprint density at radius 2 is 2.00 bits per heavy atom. The SMILES string of the molecule is CC(C)NCCCCS(=O)(=O)N(C)Cc1cccc(F)c1. The molecular formula is C15H25FN2O2S. The molecule has 4 nitrogen and oxygen atoms in total. The molecule has 21 heavy (non-hydrogen) atoms. The van der Waals surface area contributed by atoms with Crippen LogP contribution in [0.3, 0.4) is 0 Å². The van der Waals surface area contributed by atoms with Crippen LogP contribution in [0.15, 0.2) is 24.3 Å². The van der Waals surface area contributed by atoms with Crippen molar-refractivity contribution >= 4 is 10.0 Å². The molecule has 6 heteroatoms. The number of halogens is 1. The van der Waals surface area contributed by atoms with E-state index >= 15 is 0 Å². The van der Waals surface area contributed by atoms with Gasteiger partial charge in [-0.25, -0.2) is 17.1 Å². The van der Waals surface area contributed by atoms with Gasteiger partial charge in [0.25, 0.3) is 0 Å². The topological polar surface area (TPSA) is 49.4 Å². The number of hydrogen-bond acceptors (Lipinski definition) is 3. The summed E-state index contributed by atoms with van der Waals surface area (Å²) in [7, 11) is -1.75. The molecule has 0 saturated heterocycles. The number of benzene rings is 1. The first kappa shape index (κ1) is 18.1. The lowest BCUT2D eigenvalue weighted by molar-refractivity contribution is 0.462. The van der Waals surface area contributed by atoms with Gasteiger partial charge in [0.1, 0.15) is 5.82 Å². The number of hydrogen-bond donors (Lipinski definition) is 1. The van der Waals surface area contributed by atoms with E-state index in [1.54, 1.807) is 12.1 Å². The first-order valence-electron chi connectivity index (χ1n) is 7.23. The third-order valence-electron chi connectivity index (χ3n) is 3.15. The lowest BCUT2D eigenvalue weighted by Crippen LogP contribution is -2.29. The fourth-order valence-electron chi connectivity index (χ4n) is 1.95. The summed E-state index contributed by atoms with van der Waals surface area (Å²) < 4.78 is 38.6. The summed E-state index contributed by atoms with van der Waals surface area (Å²) in [5.74, 6) is -0.225. The normalized spacial score (nSPS) is 12.3. The zero-order valence-corrected chi connectivity index (χ0v) is 13.8. The zero-order chi connectivity index (χ0) is 15.9. The molecule has 0 fully saturated rings. The van der Waals surface area contributed by atoms with Crippen molar-refractivity contribution in [2.24, 2.45) is 0 Å². The van der Waals surface area contributed by atoms with E-state index < -0.39 is 10.0 Å². The van der Waals surface area contributed by atoms with E-state index in [1.165, 1.54) is 23.5 Å². The largest absolute Gasteiger partial charge is 0.315 e. The Bertz CT molecular complexity index is 532. The lowest BCUT2D eigenvalue weighted by atomic mass is 10.2. The quantitative estimate of drug-likeness (QED) is 0.712. The number of sulfonamides is 1. The molecule has 0 heterocycles. The fraction of sp³-hybridized carbons (Fsp3) is 0.600. The minimum atomic E-state index is -3.29. The average Bonchev–Trinajstić information content (AvgIpc) is 2.37. The van der Waals surface area contributed by atoms with Crippen molar-refractivity contribution in [2.45, 2.75) is 39.3 Å². The number of nitrogens with zero attached hydrogens (tertiary/aromatic N) is 1. The Balaban J connectivity index is 2.42. The summed E-state index contributed by atoms with van der Waals surface area (Å²) in [6.07, 6.45) is 1.45. The summed E-state index contributed by atoms with van der Waals surface area (Å²) in [5.41, 5.74) is 0.655. The molecule has 0 aliphatic carbocycles. The average molecular weight is 316 g/mol. The Hall–Kier alpha value is -0.980. The van der Waals surface area contributed by atoms with Crippen molar-refractivity contribution in [2.75, 3.05) is 19.3 Å². The molecule has 0 bridgehead atoms. The Morgan fingerprint density at radius 1 is 1.29 bits per heavy atom. The van der Waals surface area contributed by atoms with Crippen LogP contribution in [0.25, 0.3) is 0 Å². The molecule has 0 saturated carbocycles. The van der Waals surface area contributed by atoms with Gasteiger partial charge in [-0.15, -0.1) is 0 Å². The number of nitrogens with one attached hydrogen (secondary N) is 1. The van der Waals surface area contributed by atoms with E-state index in [0.29, 0.717) is 18.0 Å². The van der Waals surface area contributed by atoms with Crippen LogP contribution in [0.2, 0.25) is 0 Å². The molecule has 1 aromatic rings. The van der Waals surface area contributed by atoms with Gasteiger partial charge in [-0.2, -0.15) is 0 Å². The van der Waals surface area contributed by atoms with Crippen LogP contribution in [0.4, 0.5) is 4.39 Å². The predicted octanol–water partition coefficient (Wildman–Crippen LogP) is 2.37. The monoisotopic (exact) mass is 316 g/mol. The molecule has 0 aliphatic heterocycles. The Morgan fingerprint density at radius 3 is 2.62 bits per heavy atom. The van der Waals surface area contributed by atoms with E-state index in [9.17, 15) is 12.8 Å². The van der Waals surface area contributed by atoms with Crippen LogP contribution in [0, 0.1) is 5.82 Å². The van der Waals surface area contributed by atoms with Crippen molar-refractivity contribution in [3.05, 3.63) is 35.6 Å². The highest BCUT2D eigenvalue weighted by Gasteiger charge is 2.17. The van der Waals surface area contributed by atoms with Crippen LogP contribution < -0.4 is 5.32 Å². The summed E-state index contributed by atoms with van der Waals surface area (Å²) in [6, 6.07) is 6.43. The Kier molecular flexibility index (Phi) is 7.28. The summed E-state index contributed by atoms with van der Waals surface area (Å²) >= 11 is 0. The van der Waals surface area contributed by atoms with Gasteiger partial charge in [0, 0.05) is 19.6 Å². The first-order valence-corrected chi connectivity index (χ1v) is 8.84. The number of rotatable bonds is 9. The van der Waals surface area contributed by atoms with E-state index in [0.717, 1.165) is 13.0 Å². The maximum atomic E-state index is 13.1. The highest BCUT2D eigenvalue weighted by molar-refractivity contribution is 7.89. The van der Waals surface area contributed by atoms with Crippen LogP contribution in [0.1, 0.15) is 32.3 Å². The van der Waals surface area contributed by atoms with E-state index in [1.807, 2.05) is 0 Å². The molecule has 0 radical (unpaired) electrons. The third kappa shape index (κ3) is 7.02. The molecule has 1 N–H and O–H groups in total. The second-order valence-corrected chi connectivity index (χ2v) is 7.71. The van der Waals surface area contributed by atoms with Crippen LogP contribution in [-0.4, -0.2) is 38.1 Å². The summed E-state index contributed by atoms with van der Waals surface area (Å²) in [6.45, 7) is 5.14. The van der Waals surface area contributed by atoms with Crippen molar-refractivity contribution in [1.29, 1.82) is 0 Å². The van der Waals surface area contributed by atoms with Crippen molar-refractivity contribution < 1.29 is 12.8 Å². The van der Waals surface area contributed by atoms with Gasteiger partial charge in [-0.1, -0.05) is 26.0 Å². The van der Waals surface area contributed by atoms with Gasteiger partial charge < -0.3 is 5.32 Å². The first-order chi connectivity index (χ1) is 9.81. The van der Waals surface area contributed by atoms with Gasteiger partial charge >= 0.3 is 0 Å². The second kappa shape index (κ2) is 8.46. The molecule has 0 unspecified atom stereocenters. The van der Waals surface area contributed by atoms with Crippen molar-refractivity contribution in [3.63, 3.8) is 0 Å². The molecule has 0 aliphatic rings. The summed E-state index contributed by atoms with van der Waals surface area (Å²) in [5, 5.41) is 3.26. The maximum Gasteiger partial charge on any atom is 0.214 e. The highest BCUT2D eigenvalue weighted by atomic mass is 32.2. The minimum absolute atomic E-state index is 0.124. The van der Waals surface area contributed by atoms with E-state index in [2.05, 4.69) is 19.2 Å². The highest BCUT2D eigenvalue weighted by Crippen LogP contribution is 2.10. The van der Waals surface area contributed by atoms with Crippen molar-refractivity contribution in [3.8, 4) is 0 Å². The lowest BCUT2D eigenvalue weighted by Gasteiger charge is -2.17. The molecule has 0 atom stereocenters. The van der Waals surface area contributed by atoms with Gasteiger partial charge in [0.05, 0.1) is 5.75 Å². The van der Waals surface area contributed by atoms with Crippen LogP contribution in [-0.2, 0) is 16.6 Å². The molecule has 1 rings (SSSR count). The second-order valence-electron chi connectivity index (χ2n) is 5.52. The molecule has 1 aromatic carbocycles. The van der Waals surface area contributed by atoms with Crippen molar-refractivity contribution in [1.82, 2.24) is 9.62 Å². The van der Waals surface area contributed by atoms with Gasteiger partial charge in [0.2, 0.25) is 10.0 Å². The van der Waals surface area contributed by atoms with Gasteiger partial charge in [-0.3, -0.25) is 0 Å². The standard InChI is InChI=1S/C15H25FN2O2S/c1-13(2)17-9-4-5-10-21(19,20)18(3)12-14-7-6-8-15(16)11-14/h6-8,11,13,17H,4-5,9-10,12H2,1-3H3. The smallest absolute Gasteiger partial charge is 0.214 e. The zero-order valence-electron chi connectivity index (χ0n) is 13.0. The Labute approximate surface area is 127 Å². The molecule has 0 amide bonds. The van der Waals surface area contributed by atoms with Gasteiger partial charge in [0.15, 0.2) is 0 Å². The van der Waals surface area contributed by atoms with Crippen LogP contribution in [0.5, 0.6) is 0 Å². The molecule has 120 valence electrons. The maximum absolute atomic E-state index is 13.1.